The van der Waals surface area contributed by atoms with Gasteiger partial charge < -0.3 is 19.6 Å². The van der Waals surface area contributed by atoms with Crippen LogP contribution in [0.15, 0.2) is 0 Å². The lowest BCUT2D eigenvalue weighted by atomic mass is 10.1. The molecule has 3 N–H and O–H groups in total. The summed E-state index contributed by atoms with van der Waals surface area (Å²) < 4.78 is 8.88. The first-order valence-electron chi connectivity index (χ1n) is 4.44. The Bertz CT molecular complexity index is 156. The maximum absolute atomic E-state index is 8.88. The molecule has 0 bridgehead atoms. The van der Waals surface area contributed by atoms with E-state index in [-0.39, 0.29) is 0 Å². The first-order chi connectivity index (χ1) is 5.93. The Hall–Kier alpha value is 0.0700. The predicted molar refractivity (Wildman–Crippen MR) is 50.2 cm³/mol. The van der Waals surface area contributed by atoms with Gasteiger partial charge in [0.1, 0.15) is 0 Å². The Kier molecular flexibility index (Phi) is 6.55. The molecule has 0 aromatic rings. The Balaban J connectivity index is 0.000000252. The van der Waals surface area contributed by atoms with Gasteiger partial charge in [0.2, 0.25) is 0 Å². The highest BCUT2D eigenvalue weighted by Crippen LogP contribution is 2.25. The number of nitrogens with zero attached hydrogens (tertiary/aromatic N) is 1. The number of piperidine rings is 1. The summed E-state index contributed by atoms with van der Waals surface area (Å²) in [7, 11) is -4.64. The van der Waals surface area contributed by atoms with E-state index in [0.717, 1.165) is 0 Å². The van der Waals surface area contributed by atoms with Crippen LogP contribution in [-0.4, -0.2) is 39.2 Å². The van der Waals surface area contributed by atoms with Crippen LogP contribution in [0.4, 0.5) is 0 Å². The standard InChI is InChI=1S/C7H15N.H3O4P/c1-2-8-6-4-3-5-7-8;1-5(2,3)4/h2-7H2,1H3;(H3,1,2,3,4). The Morgan fingerprint density at radius 3 is 1.77 bits per heavy atom. The Morgan fingerprint density at radius 1 is 1.15 bits per heavy atom. The molecule has 6 heteroatoms. The molecule has 1 heterocycles. The minimum absolute atomic E-state index is 1.25. The van der Waals surface area contributed by atoms with Gasteiger partial charge in [-0.05, 0) is 32.5 Å². The fraction of sp³-hybridized carbons (Fsp3) is 1.00. The van der Waals surface area contributed by atoms with Gasteiger partial charge >= 0.3 is 7.82 Å². The molecule has 0 radical (unpaired) electrons. The van der Waals surface area contributed by atoms with Gasteiger partial charge in [-0.1, -0.05) is 13.3 Å². The maximum Gasteiger partial charge on any atom is 0.466 e. The van der Waals surface area contributed by atoms with Crippen molar-refractivity contribution in [3.05, 3.63) is 0 Å². The molecule has 0 aromatic heterocycles. The van der Waals surface area contributed by atoms with E-state index in [4.69, 9.17) is 19.2 Å². The molecule has 5 nitrogen and oxygen atoms in total. The zero-order valence-electron chi connectivity index (χ0n) is 7.89. The van der Waals surface area contributed by atoms with E-state index in [0.29, 0.717) is 0 Å². The van der Waals surface area contributed by atoms with Crippen molar-refractivity contribution in [3.8, 4) is 0 Å². The molecule has 80 valence electrons. The maximum atomic E-state index is 8.88. The van der Waals surface area contributed by atoms with E-state index in [1.807, 2.05) is 0 Å². The molecule has 0 amide bonds. The van der Waals surface area contributed by atoms with E-state index < -0.39 is 7.82 Å². The molecular weight excluding hydrogens is 193 g/mol. The number of likely N-dealkylation sites (tertiary alicyclic amines) is 1. The van der Waals surface area contributed by atoms with Crippen LogP contribution in [0.3, 0.4) is 0 Å². The molecule has 0 spiro atoms. The van der Waals surface area contributed by atoms with Crippen molar-refractivity contribution in [1.29, 1.82) is 0 Å². The highest BCUT2D eigenvalue weighted by molar-refractivity contribution is 7.45. The largest absolute Gasteiger partial charge is 0.466 e. The summed E-state index contributed by atoms with van der Waals surface area (Å²) >= 11 is 0. The summed E-state index contributed by atoms with van der Waals surface area (Å²) in [5.41, 5.74) is 0. The summed E-state index contributed by atoms with van der Waals surface area (Å²) in [5, 5.41) is 0. The highest BCUT2D eigenvalue weighted by Gasteiger charge is 2.05. The lowest BCUT2D eigenvalue weighted by Crippen LogP contribution is -2.29. The van der Waals surface area contributed by atoms with Crippen LogP contribution in [0, 0.1) is 0 Å². The van der Waals surface area contributed by atoms with Crippen LogP contribution in [0.2, 0.25) is 0 Å². The van der Waals surface area contributed by atoms with Crippen LogP contribution in [-0.2, 0) is 4.57 Å². The smallest absolute Gasteiger partial charge is 0.304 e. The molecule has 0 saturated carbocycles. The zero-order chi connectivity index (χ0) is 10.3. The summed E-state index contributed by atoms with van der Waals surface area (Å²) in [6, 6.07) is 0. The van der Waals surface area contributed by atoms with Gasteiger partial charge in [0, 0.05) is 0 Å². The normalized spacial score (nSPS) is 19.1. The summed E-state index contributed by atoms with van der Waals surface area (Å²) in [5.74, 6) is 0. The van der Waals surface area contributed by atoms with Crippen LogP contribution >= 0.6 is 7.82 Å². The van der Waals surface area contributed by atoms with Gasteiger partial charge in [0.15, 0.2) is 0 Å². The fourth-order valence-corrected chi connectivity index (χ4v) is 1.28. The van der Waals surface area contributed by atoms with Crippen LogP contribution in [0.5, 0.6) is 0 Å². The number of hydrogen-bond acceptors (Lipinski definition) is 2. The molecule has 0 aromatic carbocycles. The monoisotopic (exact) mass is 211 g/mol. The van der Waals surface area contributed by atoms with Crippen molar-refractivity contribution in [2.45, 2.75) is 26.2 Å². The molecule has 1 fully saturated rings. The van der Waals surface area contributed by atoms with E-state index >= 15 is 0 Å². The Labute approximate surface area is 78.6 Å². The third-order valence-corrected chi connectivity index (χ3v) is 1.90. The second-order valence-corrected chi connectivity index (χ2v) is 4.03. The third-order valence-electron chi connectivity index (χ3n) is 1.90. The van der Waals surface area contributed by atoms with Crippen molar-refractivity contribution in [3.63, 3.8) is 0 Å². The van der Waals surface area contributed by atoms with E-state index in [9.17, 15) is 0 Å². The molecule has 1 aliphatic heterocycles. The van der Waals surface area contributed by atoms with Gasteiger partial charge in [-0.3, -0.25) is 0 Å². The van der Waals surface area contributed by atoms with E-state index in [1.165, 1.54) is 38.9 Å². The Morgan fingerprint density at radius 2 is 1.54 bits per heavy atom. The summed E-state index contributed by atoms with van der Waals surface area (Å²) in [4.78, 5) is 24.1. The van der Waals surface area contributed by atoms with Crippen molar-refractivity contribution >= 4 is 7.82 Å². The van der Waals surface area contributed by atoms with Gasteiger partial charge in [0.25, 0.3) is 0 Å². The first kappa shape index (κ1) is 13.1. The second-order valence-electron chi connectivity index (χ2n) is 3.01. The summed E-state index contributed by atoms with van der Waals surface area (Å²) in [6.45, 7) is 6.18. The van der Waals surface area contributed by atoms with Gasteiger partial charge in [-0.15, -0.1) is 0 Å². The molecule has 1 aliphatic rings. The molecular formula is C7H18NO4P. The fourth-order valence-electron chi connectivity index (χ4n) is 1.28. The number of phosphoric acid groups is 1. The van der Waals surface area contributed by atoms with Crippen molar-refractivity contribution in [2.75, 3.05) is 19.6 Å². The van der Waals surface area contributed by atoms with Gasteiger partial charge in [0.05, 0.1) is 0 Å². The molecule has 0 aliphatic carbocycles. The van der Waals surface area contributed by atoms with Crippen molar-refractivity contribution in [2.24, 2.45) is 0 Å². The third kappa shape index (κ3) is 12.1. The number of hydrogen-bond donors (Lipinski definition) is 3. The van der Waals surface area contributed by atoms with Crippen molar-refractivity contribution in [1.82, 2.24) is 4.90 Å². The quantitative estimate of drug-likeness (QED) is 0.552. The summed E-state index contributed by atoms with van der Waals surface area (Å²) in [6.07, 6.45) is 4.30. The van der Waals surface area contributed by atoms with E-state index in [2.05, 4.69) is 11.8 Å². The van der Waals surface area contributed by atoms with E-state index in [1.54, 1.807) is 0 Å². The van der Waals surface area contributed by atoms with Crippen LogP contribution in [0.1, 0.15) is 26.2 Å². The minimum Gasteiger partial charge on any atom is -0.304 e. The average molecular weight is 211 g/mol. The molecule has 13 heavy (non-hydrogen) atoms. The highest BCUT2D eigenvalue weighted by atomic mass is 31.2. The van der Waals surface area contributed by atoms with Gasteiger partial charge in [-0.2, -0.15) is 0 Å². The predicted octanol–water partition coefficient (Wildman–Crippen LogP) is 0.564. The minimum atomic E-state index is -4.64. The lowest BCUT2D eigenvalue weighted by Gasteiger charge is -2.24. The van der Waals surface area contributed by atoms with Crippen molar-refractivity contribution < 1.29 is 19.2 Å². The zero-order valence-corrected chi connectivity index (χ0v) is 8.78. The van der Waals surface area contributed by atoms with Gasteiger partial charge in [-0.25, -0.2) is 4.57 Å². The second kappa shape index (κ2) is 6.51. The molecule has 0 unspecified atom stereocenters. The lowest BCUT2D eigenvalue weighted by molar-refractivity contribution is 0.240. The SMILES string of the molecule is CCN1CCCCC1.O=P(O)(O)O. The van der Waals surface area contributed by atoms with Crippen LogP contribution < -0.4 is 0 Å². The molecule has 1 saturated heterocycles. The molecule has 1 rings (SSSR count). The molecule has 0 atom stereocenters. The first-order valence-corrected chi connectivity index (χ1v) is 6.00. The average Bonchev–Trinajstić information content (AvgIpc) is 2.03. The topological polar surface area (TPSA) is 81.0 Å². The number of rotatable bonds is 1. The van der Waals surface area contributed by atoms with Crippen LogP contribution in [0.25, 0.3) is 0 Å².